The van der Waals surface area contributed by atoms with Gasteiger partial charge in [0.1, 0.15) is 0 Å². The third-order valence-electron chi connectivity index (χ3n) is 3.18. The van der Waals surface area contributed by atoms with E-state index in [0.29, 0.717) is 5.92 Å². The molecule has 0 aliphatic rings. The molecule has 0 radical (unpaired) electrons. The van der Waals surface area contributed by atoms with Crippen LogP contribution in [-0.4, -0.2) is 0 Å². The Labute approximate surface area is 114 Å². The first-order valence-corrected chi connectivity index (χ1v) is 7.05. The highest BCUT2D eigenvalue weighted by Crippen LogP contribution is 2.17. The highest BCUT2D eigenvalue weighted by Gasteiger charge is 2.00. The minimum Gasteiger partial charge on any atom is -0.103 e. The van der Waals surface area contributed by atoms with E-state index in [1.54, 1.807) is 0 Å². The summed E-state index contributed by atoms with van der Waals surface area (Å²) >= 11 is 0. The van der Waals surface area contributed by atoms with Crippen molar-refractivity contribution in [3.05, 3.63) is 47.6 Å². The summed E-state index contributed by atoms with van der Waals surface area (Å²) in [5, 5.41) is 0. The van der Waals surface area contributed by atoms with Gasteiger partial charge in [-0.3, -0.25) is 0 Å². The van der Waals surface area contributed by atoms with E-state index in [4.69, 9.17) is 0 Å². The molecule has 1 atom stereocenters. The average molecular weight is 246 g/mol. The van der Waals surface area contributed by atoms with Gasteiger partial charge in [-0.05, 0) is 59.3 Å². The predicted molar refractivity (Wildman–Crippen MR) is 84.8 cm³/mol. The van der Waals surface area contributed by atoms with Gasteiger partial charge in [0.2, 0.25) is 0 Å². The summed E-state index contributed by atoms with van der Waals surface area (Å²) < 4.78 is 0. The molecule has 0 spiro atoms. The molecule has 1 unspecified atom stereocenters. The summed E-state index contributed by atoms with van der Waals surface area (Å²) in [5.74, 6) is 0.557. The monoisotopic (exact) mass is 246 g/mol. The van der Waals surface area contributed by atoms with Crippen LogP contribution in [0.2, 0.25) is 0 Å². The highest BCUT2D eigenvalue weighted by molar-refractivity contribution is 5.14. The van der Waals surface area contributed by atoms with Crippen molar-refractivity contribution in [3.8, 4) is 0 Å². The first kappa shape index (κ1) is 17.0. The maximum absolute atomic E-state index is 3.75. The van der Waals surface area contributed by atoms with Crippen molar-refractivity contribution >= 4 is 0 Å². The Balaban J connectivity index is 4.24. The summed E-state index contributed by atoms with van der Waals surface area (Å²) in [5.41, 5.74) is 4.38. The maximum atomic E-state index is 3.75. The maximum Gasteiger partial charge on any atom is -0.00519 e. The molecule has 0 rings (SSSR count). The smallest absolute Gasteiger partial charge is 0.00519 e. The van der Waals surface area contributed by atoms with E-state index < -0.39 is 0 Å². The van der Waals surface area contributed by atoms with Gasteiger partial charge in [0.05, 0.1) is 0 Å². The van der Waals surface area contributed by atoms with Crippen molar-refractivity contribution in [3.63, 3.8) is 0 Å². The van der Waals surface area contributed by atoms with Gasteiger partial charge in [0.15, 0.2) is 0 Å². The Hall–Kier alpha value is -1.04. The van der Waals surface area contributed by atoms with Gasteiger partial charge in [-0.15, -0.1) is 6.58 Å². The van der Waals surface area contributed by atoms with Crippen LogP contribution in [0.4, 0.5) is 0 Å². The standard InChI is InChI=1S/C18H30/c1-7-8-9-13-17(5)18(6)14-16(4)12-10-11-15(2)3/h7,11,13-14,18H,1,8-10,12H2,2-6H3/b16-14?,17-13-. The highest BCUT2D eigenvalue weighted by atomic mass is 14.1. The van der Waals surface area contributed by atoms with Crippen LogP contribution in [0.25, 0.3) is 0 Å². The minimum absolute atomic E-state index is 0.557. The molecule has 0 aromatic rings. The fourth-order valence-corrected chi connectivity index (χ4v) is 1.84. The molecular weight excluding hydrogens is 216 g/mol. The van der Waals surface area contributed by atoms with Gasteiger partial charge in [0, 0.05) is 0 Å². The second-order valence-corrected chi connectivity index (χ2v) is 5.44. The Morgan fingerprint density at radius 3 is 2.22 bits per heavy atom. The lowest BCUT2D eigenvalue weighted by atomic mass is 9.97. The van der Waals surface area contributed by atoms with Gasteiger partial charge >= 0.3 is 0 Å². The van der Waals surface area contributed by atoms with Crippen LogP contribution in [0.5, 0.6) is 0 Å². The molecule has 0 aromatic carbocycles. The SMILES string of the molecule is C=CCC/C=C(/C)C(C)C=C(C)CCC=C(C)C. The van der Waals surface area contributed by atoms with Gasteiger partial charge in [-0.25, -0.2) is 0 Å². The fraction of sp³-hybridized carbons (Fsp3) is 0.556. The van der Waals surface area contributed by atoms with E-state index in [1.807, 2.05) is 6.08 Å². The number of unbranched alkanes of at least 4 members (excludes halogenated alkanes) is 1. The average Bonchev–Trinajstić information content (AvgIpc) is 2.28. The molecule has 0 aromatic heterocycles. The lowest BCUT2D eigenvalue weighted by Crippen LogP contribution is -1.93. The predicted octanol–water partition coefficient (Wildman–Crippen LogP) is 6.23. The van der Waals surface area contributed by atoms with Gasteiger partial charge < -0.3 is 0 Å². The summed E-state index contributed by atoms with van der Waals surface area (Å²) in [4.78, 5) is 0. The van der Waals surface area contributed by atoms with Crippen LogP contribution in [0.3, 0.4) is 0 Å². The molecule has 0 fully saturated rings. The molecule has 0 N–H and O–H groups in total. The third-order valence-corrected chi connectivity index (χ3v) is 3.18. The molecule has 102 valence electrons. The number of allylic oxidation sites excluding steroid dienone is 7. The molecular formula is C18H30. The Bertz CT molecular complexity index is 322. The number of hydrogen-bond acceptors (Lipinski definition) is 0. The molecule has 0 saturated carbocycles. The molecule has 0 amide bonds. The van der Waals surface area contributed by atoms with Gasteiger partial charge in [0.25, 0.3) is 0 Å². The zero-order valence-corrected chi connectivity index (χ0v) is 12.9. The Morgan fingerprint density at radius 2 is 1.67 bits per heavy atom. The van der Waals surface area contributed by atoms with Crippen LogP contribution in [0, 0.1) is 5.92 Å². The molecule has 0 aliphatic carbocycles. The van der Waals surface area contributed by atoms with E-state index in [2.05, 4.69) is 59.4 Å². The Morgan fingerprint density at radius 1 is 1.00 bits per heavy atom. The zero-order valence-electron chi connectivity index (χ0n) is 12.9. The van der Waals surface area contributed by atoms with E-state index in [1.165, 1.54) is 23.1 Å². The van der Waals surface area contributed by atoms with Gasteiger partial charge in [-0.1, -0.05) is 47.9 Å². The van der Waals surface area contributed by atoms with Gasteiger partial charge in [-0.2, -0.15) is 0 Å². The first-order valence-electron chi connectivity index (χ1n) is 7.05. The largest absolute Gasteiger partial charge is 0.103 e. The topological polar surface area (TPSA) is 0 Å². The normalized spacial score (nSPS) is 14.3. The summed E-state index contributed by atoms with van der Waals surface area (Å²) in [6.07, 6.45) is 13.6. The van der Waals surface area contributed by atoms with E-state index in [9.17, 15) is 0 Å². The first-order chi connectivity index (χ1) is 8.47. The molecule has 0 aliphatic heterocycles. The van der Waals surface area contributed by atoms with E-state index >= 15 is 0 Å². The second kappa shape index (κ2) is 9.94. The van der Waals surface area contributed by atoms with Crippen LogP contribution in [0.15, 0.2) is 47.6 Å². The lowest BCUT2D eigenvalue weighted by Gasteiger charge is -2.09. The van der Waals surface area contributed by atoms with Crippen molar-refractivity contribution < 1.29 is 0 Å². The summed E-state index contributed by atoms with van der Waals surface area (Å²) in [6, 6.07) is 0. The van der Waals surface area contributed by atoms with E-state index in [-0.39, 0.29) is 0 Å². The van der Waals surface area contributed by atoms with Crippen LogP contribution >= 0.6 is 0 Å². The second-order valence-electron chi connectivity index (χ2n) is 5.44. The lowest BCUT2D eigenvalue weighted by molar-refractivity contribution is 0.821. The zero-order chi connectivity index (χ0) is 14.0. The third kappa shape index (κ3) is 9.04. The molecule has 18 heavy (non-hydrogen) atoms. The summed E-state index contributed by atoms with van der Waals surface area (Å²) in [7, 11) is 0. The van der Waals surface area contributed by atoms with Crippen LogP contribution in [-0.2, 0) is 0 Å². The Kier molecular flexibility index (Phi) is 9.36. The van der Waals surface area contributed by atoms with Crippen molar-refractivity contribution in [2.75, 3.05) is 0 Å². The number of rotatable bonds is 8. The molecule has 0 heterocycles. The van der Waals surface area contributed by atoms with E-state index in [0.717, 1.165) is 19.3 Å². The quantitative estimate of drug-likeness (QED) is 0.352. The minimum atomic E-state index is 0.557. The molecule has 0 heteroatoms. The van der Waals surface area contributed by atoms with Crippen LogP contribution < -0.4 is 0 Å². The van der Waals surface area contributed by atoms with Crippen LogP contribution in [0.1, 0.15) is 60.3 Å². The van der Waals surface area contributed by atoms with Crippen molar-refractivity contribution in [1.29, 1.82) is 0 Å². The fourth-order valence-electron chi connectivity index (χ4n) is 1.84. The summed E-state index contributed by atoms with van der Waals surface area (Å²) in [6.45, 7) is 14.8. The molecule has 0 saturated heterocycles. The molecule has 0 bridgehead atoms. The van der Waals surface area contributed by atoms with Crippen molar-refractivity contribution in [2.45, 2.75) is 60.3 Å². The van der Waals surface area contributed by atoms with Crippen molar-refractivity contribution in [1.82, 2.24) is 0 Å². The number of hydrogen-bond donors (Lipinski definition) is 0. The molecule has 0 nitrogen and oxygen atoms in total. The van der Waals surface area contributed by atoms with Crippen molar-refractivity contribution in [2.24, 2.45) is 5.92 Å².